The molecule has 4 rings (SSSR count). The number of rotatable bonds is 6. The number of anilines is 1. The molecule has 26 heavy (non-hydrogen) atoms. The van der Waals surface area contributed by atoms with Crippen molar-refractivity contribution in [1.29, 1.82) is 0 Å². The van der Waals surface area contributed by atoms with Crippen LogP contribution in [0.15, 0.2) is 48.7 Å². The molecule has 1 saturated carbocycles. The van der Waals surface area contributed by atoms with E-state index in [0.29, 0.717) is 11.6 Å². The fourth-order valence-corrected chi connectivity index (χ4v) is 3.49. The Hall–Kier alpha value is -2.40. The first-order valence-electron chi connectivity index (χ1n) is 9.52. The molecule has 1 saturated heterocycles. The number of likely N-dealkylation sites (tertiary alicyclic amines) is 1. The van der Waals surface area contributed by atoms with Gasteiger partial charge >= 0.3 is 0 Å². The Morgan fingerprint density at radius 2 is 1.96 bits per heavy atom. The molecule has 1 N–H and O–H groups in total. The zero-order chi connectivity index (χ0) is 17.8. The number of benzene rings is 1. The number of carbonyl (C=O) groups excluding carboxylic acids is 1. The van der Waals surface area contributed by atoms with Crippen molar-refractivity contribution in [2.45, 2.75) is 38.1 Å². The highest BCUT2D eigenvalue weighted by atomic mass is 16.5. The number of hydrogen-bond acceptors (Lipinski definition) is 4. The smallest absolute Gasteiger partial charge is 0.241 e. The highest BCUT2D eigenvalue weighted by Gasteiger charge is 2.33. The number of nitrogens with one attached hydrogen (secondary N) is 1. The summed E-state index contributed by atoms with van der Waals surface area (Å²) in [5, 5.41) is 3.03. The second-order valence-corrected chi connectivity index (χ2v) is 7.24. The average molecular weight is 351 g/mol. The maximum absolute atomic E-state index is 12.7. The molecule has 0 radical (unpaired) electrons. The van der Waals surface area contributed by atoms with Crippen molar-refractivity contribution in [3.05, 3.63) is 48.7 Å². The number of ether oxygens (including phenoxy) is 1. The van der Waals surface area contributed by atoms with Gasteiger partial charge in [0.1, 0.15) is 5.75 Å². The van der Waals surface area contributed by atoms with E-state index in [0.717, 1.165) is 37.6 Å². The second kappa shape index (κ2) is 7.87. The summed E-state index contributed by atoms with van der Waals surface area (Å²) in [6.45, 7) is 2.11. The molecule has 2 aliphatic rings. The van der Waals surface area contributed by atoms with Crippen LogP contribution in [0.1, 0.15) is 32.1 Å². The third-order valence-corrected chi connectivity index (χ3v) is 5.08. The van der Waals surface area contributed by atoms with Crippen molar-refractivity contribution in [2.75, 3.05) is 18.4 Å². The lowest BCUT2D eigenvalue weighted by Crippen LogP contribution is -2.47. The van der Waals surface area contributed by atoms with Gasteiger partial charge in [-0.05, 0) is 56.3 Å². The zero-order valence-electron chi connectivity index (χ0n) is 14.9. The number of piperidine rings is 1. The Balaban J connectivity index is 1.36. The van der Waals surface area contributed by atoms with Crippen LogP contribution in [0.4, 0.5) is 5.69 Å². The van der Waals surface area contributed by atoms with E-state index in [1.54, 1.807) is 12.3 Å². The molecule has 2 heterocycles. The van der Waals surface area contributed by atoms with Crippen LogP contribution in [0.25, 0.3) is 0 Å². The van der Waals surface area contributed by atoms with E-state index < -0.39 is 0 Å². The molecule has 1 amide bonds. The van der Waals surface area contributed by atoms with Crippen LogP contribution in [-0.2, 0) is 4.79 Å². The number of carbonyl (C=O) groups is 1. The predicted molar refractivity (Wildman–Crippen MR) is 101 cm³/mol. The molecule has 1 aliphatic heterocycles. The number of aromatic nitrogens is 1. The van der Waals surface area contributed by atoms with Crippen LogP contribution in [0.3, 0.4) is 0 Å². The van der Waals surface area contributed by atoms with Gasteiger partial charge in [-0.25, -0.2) is 4.98 Å². The molecule has 1 aromatic heterocycles. The van der Waals surface area contributed by atoms with Crippen LogP contribution < -0.4 is 10.1 Å². The van der Waals surface area contributed by atoms with Gasteiger partial charge in [0.15, 0.2) is 0 Å². The van der Waals surface area contributed by atoms with Crippen molar-refractivity contribution in [3.63, 3.8) is 0 Å². The maximum atomic E-state index is 12.7. The Bertz CT molecular complexity index is 729. The monoisotopic (exact) mass is 351 g/mol. The van der Waals surface area contributed by atoms with Gasteiger partial charge in [-0.1, -0.05) is 24.6 Å². The van der Waals surface area contributed by atoms with Crippen LogP contribution in [-0.4, -0.2) is 34.9 Å². The van der Waals surface area contributed by atoms with Crippen molar-refractivity contribution < 1.29 is 9.53 Å². The Labute approximate surface area is 154 Å². The first-order chi connectivity index (χ1) is 12.8. The van der Waals surface area contributed by atoms with Gasteiger partial charge < -0.3 is 10.1 Å². The third-order valence-electron chi connectivity index (χ3n) is 5.08. The van der Waals surface area contributed by atoms with Gasteiger partial charge in [0.05, 0.1) is 17.9 Å². The molecule has 1 aromatic carbocycles. The van der Waals surface area contributed by atoms with Crippen LogP contribution in [0.2, 0.25) is 0 Å². The van der Waals surface area contributed by atoms with Gasteiger partial charge in [0.25, 0.3) is 0 Å². The molecule has 0 bridgehead atoms. The number of nitrogens with zero attached hydrogens (tertiary/aromatic N) is 2. The van der Waals surface area contributed by atoms with Crippen molar-refractivity contribution >= 4 is 11.6 Å². The lowest BCUT2D eigenvalue weighted by Gasteiger charge is -2.34. The largest absolute Gasteiger partial charge is 0.439 e. The van der Waals surface area contributed by atoms with Crippen molar-refractivity contribution in [3.8, 4) is 11.6 Å². The minimum atomic E-state index is -0.00963. The topological polar surface area (TPSA) is 54.5 Å². The maximum Gasteiger partial charge on any atom is 0.241 e. The minimum Gasteiger partial charge on any atom is -0.439 e. The van der Waals surface area contributed by atoms with Crippen LogP contribution in [0, 0.1) is 5.92 Å². The average Bonchev–Trinajstić information content (AvgIpc) is 3.49. The summed E-state index contributed by atoms with van der Waals surface area (Å²) in [4.78, 5) is 19.4. The minimum absolute atomic E-state index is 0.00963. The number of pyridine rings is 1. The quantitative estimate of drug-likeness (QED) is 0.852. The lowest BCUT2D eigenvalue weighted by atomic mass is 10.0. The number of amides is 1. The number of hydrogen-bond donors (Lipinski definition) is 1. The molecule has 2 aromatic rings. The van der Waals surface area contributed by atoms with Gasteiger partial charge in [-0.15, -0.1) is 0 Å². The molecule has 136 valence electrons. The summed E-state index contributed by atoms with van der Waals surface area (Å²) in [6.07, 6.45) is 7.56. The van der Waals surface area contributed by atoms with E-state index in [-0.39, 0.29) is 11.9 Å². The second-order valence-electron chi connectivity index (χ2n) is 7.24. The van der Waals surface area contributed by atoms with E-state index in [9.17, 15) is 4.79 Å². The zero-order valence-corrected chi connectivity index (χ0v) is 14.9. The molecular formula is C21H25N3O2. The lowest BCUT2D eigenvalue weighted by molar-refractivity contribution is -0.122. The summed E-state index contributed by atoms with van der Waals surface area (Å²) >= 11 is 0. The summed E-state index contributed by atoms with van der Waals surface area (Å²) in [6, 6.07) is 13.2. The SMILES string of the molecule is O=C(Nc1ccc(Oc2ccccc2)nc1)C1CCCCN1CC1CC1. The first kappa shape index (κ1) is 17.0. The molecule has 0 spiro atoms. The van der Waals surface area contributed by atoms with Crippen molar-refractivity contribution in [1.82, 2.24) is 9.88 Å². The van der Waals surface area contributed by atoms with Gasteiger partial charge in [-0.3, -0.25) is 9.69 Å². The Morgan fingerprint density at radius 1 is 1.12 bits per heavy atom. The summed E-state index contributed by atoms with van der Waals surface area (Å²) in [5.74, 6) is 2.15. The van der Waals surface area contributed by atoms with Gasteiger partial charge in [0, 0.05) is 12.6 Å². The Morgan fingerprint density at radius 3 is 2.69 bits per heavy atom. The highest BCUT2D eigenvalue weighted by Crippen LogP contribution is 2.32. The number of para-hydroxylation sites is 1. The van der Waals surface area contributed by atoms with Crippen LogP contribution in [0.5, 0.6) is 11.6 Å². The molecule has 1 atom stereocenters. The normalized spacial score (nSPS) is 20.5. The van der Waals surface area contributed by atoms with Crippen molar-refractivity contribution in [2.24, 2.45) is 5.92 Å². The molecule has 5 nitrogen and oxygen atoms in total. The van der Waals surface area contributed by atoms with Gasteiger partial charge in [-0.2, -0.15) is 0 Å². The van der Waals surface area contributed by atoms with E-state index in [1.165, 1.54) is 19.3 Å². The standard InChI is InChI=1S/C21H25N3O2/c25-21(19-8-4-5-13-24(19)15-16-9-10-16)23-17-11-12-20(22-14-17)26-18-6-2-1-3-7-18/h1-3,6-7,11-12,14,16,19H,4-5,8-10,13,15H2,(H,23,25). The summed E-state index contributed by atoms with van der Waals surface area (Å²) < 4.78 is 5.69. The fourth-order valence-electron chi connectivity index (χ4n) is 3.49. The summed E-state index contributed by atoms with van der Waals surface area (Å²) in [5.41, 5.74) is 0.715. The summed E-state index contributed by atoms with van der Waals surface area (Å²) in [7, 11) is 0. The molecule has 1 aliphatic carbocycles. The molecular weight excluding hydrogens is 326 g/mol. The molecule has 1 unspecified atom stereocenters. The highest BCUT2D eigenvalue weighted by molar-refractivity contribution is 5.94. The van der Waals surface area contributed by atoms with E-state index in [1.807, 2.05) is 36.4 Å². The van der Waals surface area contributed by atoms with E-state index in [2.05, 4.69) is 15.2 Å². The first-order valence-corrected chi connectivity index (χ1v) is 9.52. The van der Waals surface area contributed by atoms with E-state index in [4.69, 9.17) is 4.74 Å². The molecule has 2 fully saturated rings. The van der Waals surface area contributed by atoms with Gasteiger partial charge in [0.2, 0.25) is 11.8 Å². The van der Waals surface area contributed by atoms with E-state index >= 15 is 0 Å². The Kier molecular flexibility index (Phi) is 5.16. The fraction of sp³-hybridized carbons (Fsp3) is 0.429. The molecule has 5 heteroatoms. The predicted octanol–water partition coefficient (Wildman–Crippen LogP) is 4.08. The third kappa shape index (κ3) is 4.41. The van der Waals surface area contributed by atoms with Crippen LogP contribution >= 0.6 is 0 Å².